The zero-order valence-electron chi connectivity index (χ0n) is 9.22. The van der Waals surface area contributed by atoms with Crippen molar-refractivity contribution in [2.45, 2.75) is 43.8 Å². The van der Waals surface area contributed by atoms with Gasteiger partial charge in [-0.05, 0) is 26.3 Å². The SMILES string of the molecule is CN(C1CCS(=O)(=O)C1)C1CCCC1N. The van der Waals surface area contributed by atoms with Crippen molar-refractivity contribution in [2.75, 3.05) is 18.6 Å². The standard InChI is InChI=1S/C10H20N2O2S/c1-12(10-4-2-3-9(10)11)8-5-6-15(13,14)7-8/h8-10H,2-7,11H2,1H3. The van der Waals surface area contributed by atoms with Crippen molar-refractivity contribution in [3.8, 4) is 0 Å². The van der Waals surface area contributed by atoms with Crippen LogP contribution in [-0.4, -0.2) is 50.0 Å². The highest BCUT2D eigenvalue weighted by Crippen LogP contribution is 2.26. The molecule has 3 unspecified atom stereocenters. The summed E-state index contributed by atoms with van der Waals surface area (Å²) in [5, 5.41) is 0. The maximum Gasteiger partial charge on any atom is 0.151 e. The molecular formula is C10H20N2O2S. The number of likely N-dealkylation sites (N-methyl/N-ethyl adjacent to an activating group) is 1. The van der Waals surface area contributed by atoms with E-state index in [0.717, 1.165) is 19.3 Å². The monoisotopic (exact) mass is 232 g/mol. The molecule has 2 N–H and O–H groups in total. The average molecular weight is 232 g/mol. The summed E-state index contributed by atoms with van der Waals surface area (Å²) in [7, 11) is -0.741. The van der Waals surface area contributed by atoms with Gasteiger partial charge in [0.15, 0.2) is 9.84 Å². The van der Waals surface area contributed by atoms with E-state index in [0.29, 0.717) is 17.5 Å². The van der Waals surface area contributed by atoms with Gasteiger partial charge in [-0.25, -0.2) is 8.42 Å². The molecule has 1 aliphatic heterocycles. The minimum atomic E-state index is -2.77. The highest BCUT2D eigenvalue weighted by molar-refractivity contribution is 7.91. The van der Waals surface area contributed by atoms with E-state index in [-0.39, 0.29) is 12.1 Å². The van der Waals surface area contributed by atoms with Crippen molar-refractivity contribution >= 4 is 9.84 Å². The van der Waals surface area contributed by atoms with E-state index in [1.807, 2.05) is 7.05 Å². The second-order valence-electron chi connectivity index (χ2n) is 4.88. The molecule has 0 bridgehead atoms. The lowest BCUT2D eigenvalue weighted by Gasteiger charge is -2.32. The minimum Gasteiger partial charge on any atom is -0.326 e. The topological polar surface area (TPSA) is 63.4 Å². The van der Waals surface area contributed by atoms with Gasteiger partial charge >= 0.3 is 0 Å². The molecule has 5 heteroatoms. The van der Waals surface area contributed by atoms with Gasteiger partial charge in [-0.1, -0.05) is 6.42 Å². The summed E-state index contributed by atoms with van der Waals surface area (Å²) in [6.07, 6.45) is 4.15. The molecule has 1 saturated carbocycles. The zero-order valence-corrected chi connectivity index (χ0v) is 10.0. The molecule has 15 heavy (non-hydrogen) atoms. The molecule has 0 aromatic heterocycles. The van der Waals surface area contributed by atoms with Gasteiger partial charge in [0.25, 0.3) is 0 Å². The van der Waals surface area contributed by atoms with Crippen LogP contribution in [0.15, 0.2) is 0 Å². The lowest BCUT2D eigenvalue weighted by molar-refractivity contribution is 0.177. The van der Waals surface area contributed by atoms with Crippen LogP contribution in [-0.2, 0) is 9.84 Å². The molecule has 0 aromatic rings. The lowest BCUT2D eigenvalue weighted by atomic mass is 10.1. The molecule has 0 spiro atoms. The number of rotatable bonds is 2. The van der Waals surface area contributed by atoms with Gasteiger partial charge in [0.2, 0.25) is 0 Å². The fourth-order valence-corrected chi connectivity index (χ4v) is 4.63. The predicted octanol–water partition coefficient (Wildman–Crippen LogP) is -0.0149. The normalized spacial score (nSPS) is 40.1. The van der Waals surface area contributed by atoms with Crippen molar-refractivity contribution in [1.29, 1.82) is 0 Å². The second kappa shape index (κ2) is 4.03. The highest BCUT2D eigenvalue weighted by Gasteiger charge is 2.36. The molecular weight excluding hydrogens is 212 g/mol. The molecule has 1 aliphatic carbocycles. The van der Waals surface area contributed by atoms with Gasteiger partial charge in [-0.2, -0.15) is 0 Å². The van der Waals surface area contributed by atoms with Crippen LogP contribution < -0.4 is 5.73 Å². The van der Waals surface area contributed by atoms with E-state index in [1.54, 1.807) is 0 Å². The van der Waals surface area contributed by atoms with Crippen LogP contribution in [0.5, 0.6) is 0 Å². The third kappa shape index (κ3) is 2.34. The highest BCUT2D eigenvalue weighted by atomic mass is 32.2. The fourth-order valence-electron chi connectivity index (χ4n) is 2.84. The van der Waals surface area contributed by atoms with Gasteiger partial charge in [0.05, 0.1) is 11.5 Å². The Labute approximate surface area is 91.7 Å². The molecule has 3 atom stereocenters. The Hall–Kier alpha value is -0.130. The number of hydrogen-bond donors (Lipinski definition) is 1. The molecule has 0 amide bonds. The summed E-state index contributed by atoms with van der Waals surface area (Å²) < 4.78 is 22.8. The van der Waals surface area contributed by atoms with Crippen LogP contribution in [0.2, 0.25) is 0 Å². The molecule has 1 saturated heterocycles. The Bertz CT molecular complexity index is 328. The lowest BCUT2D eigenvalue weighted by Crippen LogP contribution is -2.47. The maximum atomic E-state index is 11.4. The molecule has 0 aromatic carbocycles. The van der Waals surface area contributed by atoms with Crippen molar-refractivity contribution in [2.24, 2.45) is 5.73 Å². The van der Waals surface area contributed by atoms with E-state index < -0.39 is 9.84 Å². The summed E-state index contributed by atoms with van der Waals surface area (Å²) in [4.78, 5) is 2.21. The minimum absolute atomic E-state index is 0.198. The largest absolute Gasteiger partial charge is 0.326 e. The van der Waals surface area contributed by atoms with Crippen LogP contribution in [0.4, 0.5) is 0 Å². The number of hydrogen-bond acceptors (Lipinski definition) is 4. The van der Waals surface area contributed by atoms with Crippen LogP contribution >= 0.6 is 0 Å². The van der Waals surface area contributed by atoms with Crippen molar-refractivity contribution in [3.05, 3.63) is 0 Å². The molecule has 88 valence electrons. The van der Waals surface area contributed by atoms with Gasteiger partial charge in [-0.15, -0.1) is 0 Å². The summed E-state index contributed by atoms with van der Waals surface area (Å²) in [6, 6.07) is 0.825. The van der Waals surface area contributed by atoms with Crippen LogP contribution in [0.3, 0.4) is 0 Å². The molecule has 4 nitrogen and oxygen atoms in total. The number of nitrogens with zero attached hydrogens (tertiary/aromatic N) is 1. The van der Waals surface area contributed by atoms with Crippen LogP contribution in [0, 0.1) is 0 Å². The molecule has 0 radical (unpaired) electrons. The Kier molecular flexibility index (Phi) is 3.05. The van der Waals surface area contributed by atoms with Gasteiger partial charge in [0.1, 0.15) is 0 Å². The van der Waals surface area contributed by atoms with Crippen molar-refractivity contribution < 1.29 is 8.42 Å². The Morgan fingerprint density at radius 1 is 1.27 bits per heavy atom. The Morgan fingerprint density at radius 3 is 2.47 bits per heavy atom. The number of nitrogens with two attached hydrogens (primary N) is 1. The van der Waals surface area contributed by atoms with Gasteiger partial charge < -0.3 is 5.73 Å². The summed E-state index contributed by atoms with van der Waals surface area (Å²) in [5.41, 5.74) is 6.02. The first-order chi connectivity index (χ1) is 6.99. The number of sulfone groups is 1. The Balaban J connectivity index is 2.00. The van der Waals surface area contributed by atoms with Crippen molar-refractivity contribution in [1.82, 2.24) is 4.90 Å². The predicted molar refractivity (Wildman–Crippen MR) is 60.4 cm³/mol. The van der Waals surface area contributed by atoms with Gasteiger partial charge in [-0.3, -0.25) is 4.90 Å². The smallest absolute Gasteiger partial charge is 0.151 e. The second-order valence-corrected chi connectivity index (χ2v) is 7.11. The van der Waals surface area contributed by atoms with Crippen molar-refractivity contribution in [3.63, 3.8) is 0 Å². The first-order valence-electron chi connectivity index (χ1n) is 5.67. The van der Waals surface area contributed by atoms with E-state index in [1.165, 1.54) is 6.42 Å². The van der Waals surface area contributed by atoms with Gasteiger partial charge in [0, 0.05) is 18.1 Å². The zero-order chi connectivity index (χ0) is 11.1. The first kappa shape index (κ1) is 11.4. The quantitative estimate of drug-likeness (QED) is 0.727. The first-order valence-corrected chi connectivity index (χ1v) is 7.50. The third-order valence-corrected chi connectivity index (χ3v) is 5.59. The summed E-state index contributed by atoms with van der Waals surface area (Å²) in [5.74, 6) is 0.677. The van der Waals surface area contributed by atoms with E-state index >= 15 is 0 Å². The molecule has 2 rings (SSSR count). The molecule has 1 heterocycles. The fraction of sp³-hybridized carbons (Fsp3) is 1.00. The van der Waals surface area contributed by atoms with E-state index in [9.17, 15) is 8.42 Å². The summed E-state index contributed by atoms with van der Waals surface area (Å²) in [6.45, 7) is 0. The maximum absolute atomic E-state index is 11.4. The Morgan fingerprint density at radius 2 is 2.00 bits per heavy atom. The summed E-state index contributed by atoms with van der Waals surface area (Å²) >= 11 is 0. The van der Waals surface area contributed by atoms with E-state index in [4.69, 9.17) is 5.73 Å². The van der Waals surface area contributed by atoms with E-state index in [2.05, 4.69) is 4.90 Å². The third-order valence-electron chi connectivity index (χ3n) is 3.84. The van der Waals surface area contributed by atoms with Crippen LogP contribution in [0.1, 0.15) is 25.7 Å². The molecule has 2 aliphatic rings. The molecule has 2 fully saturated rings. The van der Waals surface area contributed by atoms with Crippen LogP contribution in [0.25, 0.3) is 0 Å². The average Bonchev–Trinajstić information content (AvgIpc) is 2.71.